The van der Waals surface area contributed by atoms with E-state index in [1.165, 1.54) is 60.8 Å². The van der Waals surface area contributed by atoms with Crippen LogP contribution < -0.4 is 0 Å². The van der Waals surface area contributed by atoms with Crippen LogP contribution in [0.4, 0.5) is 0 Å². The minimum absolute atomic E-state index is 0.170. The molecule has 0 saturated heterocycles. The molecule has 31 heavy (non-hydrogen) atoms. The summed E-state index contributed by atoms with van der Waals surface area (Å²) in [5, 5.41) is 0. The predicted octanol–water partition coefficient (Wildman–Crippen LogP) is 8.37. The fourth-order valence-corrected chi connectivity index (χ4v) is 4.98. The van der Waals surface area contributed by atoms with Crippen LogP contribution in [0.2, 0.25) is 0 Å². The molecule has 0 bridgehead atoms. The average molecular weight is 417 g/mol. The van der Waals surface area contributed by atoms with Gasteiger partial charge in [0.2, 0.25) is 0 Å². The van der Waals surface area contributed by atoms with E-state index >= 15 is 0 Å². The summed E-state index contributed by atoms with van der Waals surface area (Å²) in [7, 11) is 0. The van der Waals surface area contributed by atoms with Crippen molar-refractivity contribution < 1.29 is 4.74 Å². The highest BCUT2D eigenvalue weighted by molar-refractivity contribution is 5.30. The summed E-state index contributed by atoms with van der Waals surface area (Å²) >= 11 is 0. The number of benzene rings is 2. The maximum Gasteiger partial charge on any atom is 0.0829 e. The van der Waals surface area contributed by atoms with Crippen LogP contribution in [0.5, 0.6) is 0 Å². The molecule has 1 saturated carbocycles. The molecule has 0 N–H and O–H groups in total. The Labute approximate surface area is 190 Å². The molecule has 0 spiro atoms. The first-order chi connectivity index (χ1) is 15.2. The van der Waals surface area contributed by atoms with Crippen LogP contribution in [0.15, 0.2) is 73.8 Å². The van der Waals surface area contributed by atoms with E-state index in [1.54, 1.807) is 0 Å². The maximum absolute atomic E-state index is 5.99. The SMILES string of the molecule is C=CCOC(CC)c1ccccc1CCCCc1ccc(C2CCC(C=C)CC2)cc1. The number of hydrogen-bond donors (Lipinski definition) is 0. The minimum atomic E-state index is 0.170. The van der Waals surface area contributed by atoms with Gasteiger partial charge in [-0.05, 0) is 91.9 Å². The Balaban J connectivity index is 1.47. The van der Waals surface area contributed by atoms with Gasteiger partial charge in [-0.2, -0.15) is 0 Å². The second-order valence-electron chi connectivity index (χ2n) is 9.01. The lowest BCUT2D eigenvalue weighted by atomic mass is 9.78. The zero-order valence-corrected chi connectivity index (χ0v) is 19.4. The Hall–Kier alpha value is -2.12. The molecule has 166 valence electrons. The van der Waals surface area contributed by atoms with E-state index in [9.17, 15) is 0 Å². The van der Waals surface area contributed by atoms with E-state index in [1.807, 2.05) is 6.08 Å². The first-order valence-corrected chi connectivity index (χ1v) is 12.3. The molecule has 1 aliphatic rings. The van der Waals surface area contributed by atoms with Gasteiger partial charge in [-0.1, -0.05) is 67.6 Å². The van der Waals surface area contributed by atoms with Crippen molar-refractivity contribution in [2.75, 3.05) is 6.61 Å². The molecule has 0 radical (unpaired) electrons. The number of ether oxygens (including phenoxy) is 1. The first-order valence-electron chi connectivity index (χ1n) is 12.3. The second-order valence-corrected chi connectivity index (χ2v) is 9.01. The highest BCUT2D eigenvalue weighted by Crippen LogP contribution is 2.36. The van der Waals surface area contributed by atoms with Gasteiger partial charge in [-0.3, -0.25) is 0 Å². The smallest absolute Gasteiger partial charge is 0.0829 e. The van der Waals surface area contributed by atoms with E-state index in [0.717, 1.165) is 31.1 Å². The van der Waals surface area contributed by atoms with E-state index in [0.29, 0.717) is 6.61 Å². The topological polar surface area (TPSA) is 9.23 Å². The zero-order chi connectivity index (χ0) is 21.9. The summed E-state index contributed by atoms with van der Waals surface area (Å²) in [5.74, 6) is 1.48. The lowest BCUT2D eigenvalue weighted by Gasteiger charge is -2.27. The van der Waals surface area contributed by atoms with Crippen molar-refractivity contribution in [3.8, 4) is 0 Å². The largest absolute Gasteiger partial charge is 0.369 e. The van der Waals surface area contributed by atoms with Gasteiger partial charge in [0.15, 0.2) is 0 Å². The van der Waals surface area contributed by atoms with E-state index in [4.69, 9.17) is 4.74 Å². The van der Waals surface area contributed by atoms with Crippen LogP contribution in [-0.4, -0.2) is 6.61 Å². The molecule has 1 heteroatoms. The average Bonchev–Trinajstić information content (AvgIpc) is 2.83. The van der Waals surface area contributed by atoms with Crippen LogP contribution in [0.3, 0.4) is 0 Å². The normalized spacial score (nSPS) is 19.6. The third-order valence-corrected chi connectivity index (χ3v) is 6.91. The van der Waals surface area contributed by atoms with Crippen molar-refractivity contribution in [3.63, 3.8) is 0 Å². The van der Waals surface area contributed by atoms with Crippen molar-refractivity contribution in [1.29, 1.82) is 0 Å². The van der Waals surface area contributed by atoms with E-state index in [2.05, 4.69) is 74.7 Å². The zero-order valence-electron chi connectivity index (χ0n) is 19.4. The van der Waals surface area contributed by atoms with Gasteiger partial charge in [-0.25, -0.2) is 0 Å². The summed E-state index contributed by atoms with van der Waals surface area (Å²) in [6.45, 7) is 10.6. The van der Waals surface area contributed by atoms with E-state index < -0.39 is 0 Å². The molecule has 0 amide bonds. The summed E-state index contributed by atoms with van der Waals surface area (Å²) < 4.78 is 5.99. The molecule has 2 aromatic carbocycles. The number of rotatable bonds is 12. The molecule has 2 aromatic rings. The number of hydrogen-bond acceptors (Lipinski definition) is 1. The van der Waals surface area contributed by atoms with Gasteiger partial charge in [0.25, 0.3) is 0 Å². The number of allylic oxidation sites excluding steroid dienone is 1. The van der Waals surface area contributed by atoms with Crippen molar-refractivity contribution in [2.24, 2.45) is 5.92 Å². The molecular formula is C30H40O. The summed E-state index contributed by atoms with van der Waals surface area (Å²) in [6, 6.07) is 18.3. The lowest BCUT2D eigenvalue weighted by Crippen LogP contribution is -2.11. The van der Waals surface area contributed by atoms with Crippen LogP contribution in [-0.2, 0) is 17.6 Å². The maximum atomic E-state index is 5.99. The van der Waals surface area contributed by atoms with Crippen molar-refractivity contribution >= 4 is 0 Å². The van der Waals surface area contributed by atoms with Gasteiger partial charge < -0.3 is 4.74 Å². The lowest BCUT2D eigenvalue weighted by molar-refractivity contribution is 0.0707. The Kier molecular flexibility index (Phi) is 9.62. The molecule has 1 atom stereocenters. The van der Waals surface area contributed by atoms with Crippen LogP contribution in [0.25, 0.3) is 0 Å². The molecule has 0 aliphatic heterocycles. The Morgan fingerprint density at radius 2 is 1.65 bits per heavy atom. The highest BCUT2D eigenvalue weighted by Gasteiger charge is 2.20. The van der Waals surface area contributed by atoms with Gasteiger partial charge in [0.05, 0.1) is 12.7 Å². The van der Waals surface area contributed by atoms with Gasteiger partial charge in [0.1, 0.15) is 0 Å². The Morgan fingerprint density at radius 3 is 2.32 bits per heavy atom. The van der Waals surface area contributed by atoms with Gasteiger partial charge in [-0.15, -0.1) is 13.2 Å². The fourth-order valence-electron chi connectivity index (χ4n) is 4.98. The summed E-state index contributed by atoms with van der Waals surface area (Å²) in [6.07, 6.45) is 15.1. The molecule has 0 heterocycles. The monoisotopic (exact) mass is 416 g/mol. The van der Waals surface area contributed by atoms with Gasteiger partial charge in [0, 0.05) is 0 Å². The van der Waals surface area contributed by atoms with Crippen molar-refractivity contribution in [1.82, 2.24) is 0 Å². The van der Waals surface area contributed by atoms with Crippen molar-refractivity contribution in [2.45, 2.75) is 76.7 Å². The van der Waals surface area contributed by atoms with Crippen molar-refractivity contribution in [3.05, 3.63) is 96.1 Å². The molecule has 1 fully saturated rings. The molecule has 1 nitrogen and oxygen atoms in total. The second kappa shape index (κ2) is 12.7. The molecular weight excluding hydrogens is 376 g/mol. The number of aryl methyl sites for hydroxylation is 2. The highest BCUT2D eigenvalue weighted by atomic mass is 16.5. The third-order valence-electron chi connectivity index (χ3n) is 6.91. The molecule has 3 rings (SSSR count). The minimum Gasteiger partial charge on any atom is -0.369 e. The van der Waals surface area contributed by atoms with Crippen LogP contribution in [0, 0.1) is 5.92 Å². The standard InChI is InChI=1S/C30H40O/c1-4-23-31-30(6-3)29-14-10-9-13-28(29)12-8-7-11-25-17-21-27(22-18-25)26-19-15-24(5-2)16-20-26/h4-5,9-10,13-14,17-18,21-22,24,26,30H,1-2,6-8,11-12,15-16,19-20,23H2,3H3. The predicted molar refractivity (Wildman–Crippen MR) is 134 cm³/mol. The van der Waals surface area contributed by atoms with Gasteiger partial charge >= 0.3 is 0 Å². The first kappa shape index (κ1) is 23.5. The van der Waals surface area contributed by atoms with Crippen LogP contribution in [0.1, 0.15) is 86.1 Å². The quantitative estimate of drug-likeness (QED) is 0.249. The van der Waals surface area contributed by atoms with Crippen LogP contribution >= 0.6 is 0 Å². The third kappa shape index (κ3) is 6.94. The van der Waals surface area contributed by atoms with E-state index in [-0.39, 0.29) is 6.10 Å². The summed E-state index contributed by atoms with van der Waals surface area (Å²) in [4.78, 5) is 0. The molecule has 0 aromatic heterocycles. The fraction of sp³-hybridized carbons (Fsp3) is 0.467. The number of unbranched alkanes of at least 4 members (excludes halogenated alkanes) is 1. The Morgan fingerprint density at radius 1 is 0.935 bits per heavy atom. The summed E-state index contributed by atoms with van der Waals surface area (Å²) in [5.41, 5.74) is 5.79. The molecule has 1 unspecified atom stereocenters. The Bertz CT molecular complexity index is 795. The molecule has 1 aliphatic carbocycles.